The average Bonchev–Trinajstić information content (AvgIpc) is 2.24. The first-order valence-corrected chi connectivity index (χ1v) is 6.49. The van der Waals surface area contributed by atoms with Crippen molar-refractivity contribution in [3.63, 3.8) is 0 Å². The van der Waals surface area contributed by atoms with Crippen LogP contribution in [-0.4, -0.2) is 23.9 Å². The molecule has 3 nitrogen and oxygen atoms in total. The van der Waals surface area contributed by atoms with E-state index >= 15 is 0 Å². The van der Waals surface area contributed by atoms with Crippen molar-refractivity contribution in [3.05, 3.63) is 29.3 Å². The highest BCUT2D eigenvalue weighted by molar-refractivity contribution is 6.30. The van der Waals surface area contributed by atoms with Gasteiger partial charge >= 0.3 is 0 Å². The van der Waals surface area contributed by atoms with E-state index in [0.717, 1.165) is 16.9 Å². The highest BCUT2D eigenvalue weighted by atomic mass is 35.5. The van der Waals surface area contributed by atoms with Crippen molar-refractivity contribution >= 4 is 17.5 Å². The molecule has 18 heavy (non-hydrogen) atoms. The van der Waals surface area contributed by atoms with Crippen LogP contribution in [0.4, 0.5) is 0 Å². The molecular weight excluding hydrogens is 250 g/mol. The molecule has 0 saturated carbocycles. The van der Waals surface area contributed by atoms with E-state index in [2.05, 4.69) is 11.4 Å². The van der Waals surface area contributed by atoms with E-state index in [9.17, 15) is 4.79 Å². The summed E-state index contributed by atoms with van der Waals surface area (Å²) in [7, 11) is 0. The quantitative estimate of drug-likeness (QED) is 0.835. The lowest BCUT2D eigenvalue weighted by Gasteiger charge is -2.16. The summed E-state index contributed by atoms with van der Waals surface area (Å²) < 4.78 is 5.75. The Hall–Kier alpha value is -1.22. The minimum absolute atomic E-state index is 0.0921. The van der Waals surface area contributed by atoms with Crippen molar-refractivity contribution in [3.8, 4) is 5.75 Å². The molecule has 4 heteroatoms. The van der Waals surface area contributed by atoms with Gasteiger partial charge in [0.05, 0.1) is 6.54 Å². The van der Waals surface area contributed by atoms with Gasteiger partial charge in [0.15, 0.2) is 0 Å². The summed E-state index contributed by atoms with van der Waals surface area (Å²) in [4.78, 5) is 11.3. The summed E-state index contributed by atoms with van der Waals surface area (Å²) in [6.07, 6.45) is -0.0921. The maximum absolute atomic E-state index is 11.3. The Morgan fingerprint density at radius 1 is 1.28 bits per heavy atom. The fourth-order valence-corrected chi connectivity index (χ4v) is 1.74. The predicted molar refractivity (Wildman–Crippen MR) is 74.3 cm³/mol. The second kappa shape index (κ2) is 6.64. The molecule has 0 aliphatic rings. The lowest BCUT2D eigenvalue weighted by atomic mass is 10.1. The Morgan fingerprint density at radius 2 is 1.83 bits per heavy atom. The zero-order chi connectivity index (χ0) is 13.7. The van der Waals surface area contributed by atoms with Gasteiger partial charge in [-0.3, -0.25) is 4.79 Å². The molecule has 0 heterocycles. The van der Waals surface area contributed by atoms with Crippen LogP contribution in [0.1, 0.15) is 25.0 Å². The van der Waals surface area contributed by atoms with Crippen LogP contribution in [0.5, 0.6) is 5.75 Å². The van der Waals surface area contributed by atoms with E-state index < -0.39 is 5.38 Å². The molecule has 0 aliphatic carbocycles. The maximum atomic E-state index is 11.3. The molecule has 100 valence electrons. The predicted octanol–water partition coefficient (Wildman–Crippen LogP) is 2.81. The Bertz CT molecular complexity index is 398. The van der Waals surface area contributed by atoms with Crippen LogP contribution in [0.15, 0.2) is 18.2 Å². The lowest BCUT2D eigenvalue weighted by molar-refractivity contribution is -0.120. The SMILES string of the molecule is Cc1cc(C)cc(OC(C)CNC(=O)C(C)Cl)c1. The number of benzene rings is 1. The molecule has 0 radical (unpaired) electrons. The summed E-state index contributed by atoms with van der Waals surface area (Å²) in [5, 5.41) is 2.22. The van der Waals surface area contributed by atoms with Gasteiger partial charge in [0.1, 0.15) is 17.2 Å². The highest BCUT2D eigenvalue weighted by Crippen LogP contribution is 2.17. The van der Waals surface area contributed by atoms with Gasteiger partial charge < -0.3 is 10.1 Å². The number of halogens is 1. The number of ether oxygens (including phenoxy) is 1. The minimum atomic E-state index is -0.515. The first kappa shape index (κ1) is 14.8. The van der Waals surface area contributed by atoms with Crippen molar-refractivity contribution in [2.24, 2.45) is 0 Å². The van der Waals surface area contributed by atoms with Crippen molar-refractivity contribution in [2.75, 3.05) is 6.54 Å². The number of carbonyl (C=O) groups excluding carboxylic acids is 1. The zero-order valence-corrected chi connectivity index (χ0v) is 12.0. The number of nitrogens with one attached hydrogen (secondary N) is 1. The third kappa shape index (κ3) is 4.96. The zero-order valence-electron chi connectivity index (χ0n) is 11.3. The van der Waals surface area contributed by atoms with Crippen LogP contribution in [0, 0.1) is 13.8 Å². The van der Waals surface area contributed by atoms with Gasteiger partial charge in [0.2, 0.25) is 5.91 Å². The van der Waals surface area contributed by atoms with Crippen LogP contribution < -0.4 is 10.1 Å². The molecule has 1 amide bonds. The van der Waals surface area contributed by atoms with Gasteiger partial charge in [0, 0.05) is 0 Å². The Balaban J connectivity index is 2.49. The molecule has 1 rings (SSSR count). The fraction of sp³-hybridized carbons (Fsp3) is 0.500. The summed E-state index contributed by atoms with van der Waals surface area (Å²) in [6, 6.07) is 6.06. The molecule has 1 aromatic rings. The normalized spacial score (nSPS) is 13.8. The second-order valence-corrected chi connectivity index (χ2v) is 5.27. The molecular formula is C14H20ClNO2. The van der Waals surface area contributed by atoms with Gasteiger partial charge in [-0.05, 0) is 51.0 Å². The first-order valence-electron chi connectivity index (χ1n) is 6.05. The molecule has 1 aromatic carbocycles. The largest absolute Gasteiger partial charge is 0.489 e. The van der Waals surface area contributed by atoms with Crippen LogP contribution in [0.25, 0.3) is 0 Å². The smallest absolute Gasteiger partial charge is 0.237 e. The van der Waals surface area contributed by atoms with E-state index in [4.69, 9.17) is 16.3 Å². The minimum Gasteiger partial charge on any atom is -0.489 e. The number of aryl methyl sites for hydroxylation is 2. The highest BCUT2D eigenvalue weighted by Gasteiger charge is 2.11. The molecule has 1 N–H and O–H groups in total. The van der Waals surface area contributed by atoms with E-state index in [1.165, 1.54) is 0 Å². The van der Waals surface area contributed by atoms with E-state index in [-0.39, 0.29) is 12.0 Å². The molecule has 0 aliphatic heterocycles. The van der Waals surface area contributed by atoms with Gasteiger partial charge in [-0.2, -0.15) is 0 Å². The number of amides is 1. The van der Waals surface area contributed by atoms with Gasteiger partial charge in [0.25, 0.3) is 0 Å². The number of hydrogen-bond acceptors (Lipinski definition) is 2. The lowest BCUT2D eigenvalue weighted by Crippen LogP contribution is -2.37. The fourth-order valence-electron chi connectivity index (χ4n) is 1.66. The topological polar surface area (TPSA) is 38.3 Å². The van der Waals surface area contributed by atoms with E-state index in [0.29, 0.717) is 6.54 Å². The monoisotopic (exact) mass is 269 g/mol. The number of hydrogen-bond donors (Lipinski definition) is 1. The molecule has 0 bridgehead atoms. The summed E-state index contributed by atoms with van der Waals surface area (Å²) in [5.74, 6) is 0.653. The molecule has 0 fully saturated rings. The Kier molecular flexibility index (Phi) is 5.48. The van der Waals surface area contributed by atoms with Gasteiger partial charge in [-0.15, -0.1) is 11.6 Å². The standard InChI is InChI=1S/C14H20ClNO2/c1-9-5-10(2)7-13(6-9)18-11(3)8-16-14(17)12(4)15/h5-7,11-12H,8H2,1-4H3,(H,16,17). The van der Waals surface area contributed by atoms with Crippen molar-refractivity contribution in [1.82, 2.24) is 5.32 Å². The van der Waals surface area contributed by atoms with Crippen molar-refractivity contribution < 1.29 is 9.53 Å². The molecule has 0 saturated heterocycles. The Morgan fingerprint density at radius 3 is 2.33 bits per heavy atom. The Labute approximate surface area is 113 Å². The van der Waals surface area contributed by atoms with E-state index in [1.54, 1.807) is 6.92 Å². The van der Waals surface area contributed by atoms with E-state index in [1.807, 2.05) is 32.9 Å². The van der Waals surface area contributed by atoms with Crippen LogP contribution >= 0.6 is 11.6 Å². The van der Waals surface area contributed by atoms with Gasteiger partial charge in [-0.25, -0.2) is 0 Å². The molecule has 2 unspecified atom stereocenters. The van der Waals surface area contributed by atoms with Crippen molar-refractivity contribution in [1.29, 1.82) is 0 Å². The summed E-state index contributed by atoms with van der Waals surface area (Å²) >= 11 is 5.66. The third-order valence-corrected chi connectivity index (χ3v) is 2.66. The van der Waals surface area contributed by atoms with Crippen LogP contribution in [0.3, 0.4) is 0 Å². The summed E-state index contributed by atoms with van der Waals surface area (Å²) in [6.45, 7) is 8.06. The average molecular weight is 270 g/mol. The molecule has 2 atom stereocenters. The molecule has 0 aromatic heterocycles. The first-order chi connectivity index (χ1) is 8.38. The third-order valence-electron chi connectivity index (χ3n) is 2.46. The number of alkyl halides is 1. The van der Waals surface area contributed by atoms with Crippen LogP contribution in [-0.2, 0) is 4.79 Å². The maximum Gasteiger partial charge on any atom is 0.237 e. The van der Waals surface area contributed by atoms with Crippen molar-refractivity contribution in [2.45, 2.75) is 39.2 Å². The van der Waals surface area contributed by atoms with Crippen LogP contribution in [0.2, 0.25) is 0 Å². The molecule has 0 spiro atoms. The number of carbonyl (C=O) groups is 1. The second-order valence-electron chi connectivity index (χ2n) is 4.61. The van der Waals surface area contributed by atoms with Gasteiger partial charge in [-0.1, -0.05) is 6.07 Å². The number of rotatable bonds is 5. The summed E-state index contributed by atoms with van der Waals surface area (Å²) in [5.41, 5.74) is 2.33.